The van der Waals surface area contributed by atoms with Crippen molar-refractivity contribution < 1.29 is 63.3 Å². The number of thioether (sulfide) groups is 1. The maximum absolute atomic E-state index is 14.1. The molecule has 0 atom stereocenters. The zero-order chi connectivity index (χ0) is 30.6. The van der Waals surface area contributed by atoms with Gasteiger partial charge in [0.2, 0.25) is 0 Å². The van der Waals surface area contributed by atoms with Crippen LogP contribution in [0.2, 0.25) is 0 Å². The third-order valence-corrected chi connectivity index (χ3v) is 6.12. The van der Waals surface area contributed by atoms with E-state index in [4.69, 9.17) is 4.42 Å². The van der Waals surface area contributed by atoms with Crippen molar-refractivity contribution in [1.29, 1.82) is 0 Å². The number of benzene rings is 2. The smallest absolute Gasteiger partial charge is 0.456 e. The molecule has 0 aliphatic carbocycles. The summed E-state index contributed by atoms with van der Waals surface area (Å²) in [5.41, 5.74) is 1.76. The number of hydrogen-bond acceptors (Lipinski definition) is 7. The van der Waals surface area contributed by atoms with Crippen LogP contribution in [0.3, 0.4) is 0 Å². The molecular weight excluding hydrogens is 592 g/mol. The molecule has 224 valence electrons. The molecular formula is C26H22F8O6S. The van der Waals surface area contributed by atoms with Crippen molar-refractivity contribution in [3.8, 4) is 11.3 Å². The summed E-state index contributed by atoms with van der Waals surface area (Å²) in [5, 5.41) is 0.631. The van der Waals surface area contributed by atoms with Crippen molar-refractivity contribution in [2.75, 3.05) is 12.4 Å². The normalized spacial score (nSPS) is 13.0. The average molecular weight is 615 g/mol. The molecule has 15 heteroatoms. The number of carbonyl (C=O) groups excluding carboxylic acids is 1. The lowest BCUT2D eigenvalue weighted by Crippen LogP contribution is -2.46. The van der Waals surface area contributed by atoms with Crippen LogP contribution < -0.4 is 0 Å². The molecule has 41 heavy (non-hydrogen) atoms. The molecule has 0 aliphatic heterocycles. The molecule has 2 aromatic carbocycles. The number of hydrogen-bond donors (Lipinski definition) is 0. The fourth-order valence-electron chi connectivity index (χ4n) is 3.33. The van der Waals surface area contributed by atoms with Gasteiger partial charge in [-0.15, -0.1) is 29.3 Å². The minimum absolute atomic E-state index is 0.132. The maximum Gasteiger partial charge on any atom is 0.496 e. The molecule has 0 aliphatic rings. The van der Waals surface area contributed by atoms with E-state index in [2.05, 4.69) is 25.5 Å². The van der Waals surface area contributed by atoms with E-state index < -0.39 is 43.1 Å². The highest BCUT2D eigenvalue weighted by Gasteiger charge is 2.56. The van der Waals surface area contributed by atoms with E-state index in [-0.39, 0.29) is 10.5 Å². The van der Waals surface area contributed by atoms with Crippen molar-refractivity contribution >= 4 is 28.7 Å². The summed E-state index contributed by atoms with van der Waals surface area (Å²) in [4.78, 5) is 11.2. The van der Waals surface area contributed by atoms with Crippen LogP contribution in [0.25, 0.3) is 22.3 Å². The quantitative estimate of drug-likeness (QED) is 0.0596. The van der Waals surface area contributed by atoms with Gasteiger partial charge in [0, 0.05) is 21.4 Å². The predicted octanol–water partition coefficient (Wildman–Crippen LogP) is 8.21. The molecule has 0 unspecified atom stereocenters. The van der Waals surface area contributed by atoms with Crippen molar-refractivity contribution in [3.05, 3.63) is 66.2 Å². The standard InChI is InChI=1S/C26H22F8O6S/c1-4-16-7-5-6-8-19(16)21-11-17-9-10-18(12-20(17)37-21)41-14-24(29,30)39-26(33,34)40-25(31,32)38-23(27,28)13-36-22(35)15(2)3/h5-12H,2,4,13-14H2,1,3H3. The van der Waals surface area contributed by atoms with Crippen molar-refractivity contribution in [2.24, 2.45) is 0 Å². The largest absolute Gasteiger partial charge is 0.496 e. The Hall–Kier alpha value is -3.14. The Balaban J connectivity index is 1.61. The molecule has 0 saturated heterocycles. The van der Waals surface area contributed by atoms with Gasteiger partial charge in [-0.25, -0.2) is 19.0 Å². The first-order chi connectivity index (χ1) is 18.9. The van der Waals surface area contributed by atoms with Crippen LogP contribution >= 0.6 is 11.8 Å². The molecule has 3 aromatic rings. The Bertz CT molecular complexity index is 1390. The molecule has 0 bridgehead atoms. The summed E-state index contributed by atoms with van der Waals surface area (Å²) >= 11 is 0.317. The fraction of sp³-hybridized carbons (Fsp3) is 0.346. The predicted molar refractivity (Wildman–Crippen MR) is 131 cm³/mol. The van der Waals surface area contributed by atoms with E-state index in [9.17, 15) is 39.9 Å². The Morgan fingerprint density at radius 2 is 1.54 bits per heavy atom. The Kier molecular flexibility index (Phi) is 9.78. The van der Waals surface area contributed by atoms with Gasteiger partial charge in [-0.1, -0.05) is 37.8 Å². The summed E-state index contributed by atoms with van der Waals surface area (Å²) in [6.45, 7) is 3.93. The molecule has 1 aromatic heterocycles. The minimum Gasteiger partial charge on any atom is -0.456 e. The van der Waals surface area contributed by atoms with Gasteiger partial charge in [-0.05, 0) is 43.2 Å². The molecule has 0 N–H and O–H groups in total. The van der Waals surface area contributed by atoms with Gasteiger partial charge in [0.1, 0.15) is 11.3 Å². The van der Waals surface area contributed by atoms with Gasteiger partial charge < -0.3 is 9.15 Å². The highest BCUT2D eigenvalue weighted by Crippen LogP contribution is 2.39. The number of aryl methyl sites for hydroxylation is 1. The SMILES string of the molecule is C=C(C)C(=O)OCC(F)(F)OC(F)(F)OC(F)(F)OC(F)(F)CSc1ccc2cc(-c3ccccc3CC)oc2c1. The van der Waals surface area contributed by atoms with Crippen LogP contribution in [0.5, 0.6) is 0 Å². The summed E-state index contributed by atoms with van der Waals surface area (Å²) in [7, 11) is 0. The number of halogens is 8. The average Bonchev–Trinajstić information content (AvgIpc) is 3.27. The summed E-state index contributed by atoms with van der Waals surface area (Å²) in [6, 6.07) is 13.5. The third-order valence-electron chi connectivity index (χ3n) is 5.06. The number of fused-ring (bicyclic) bond motifs is 1. The third kappa shape index (κ3) is 9.45. The van der Waals surface area contributed by atoms with Gasteiger partial charge in [-0.2, -0.15) is 17.6 Å². The molecule has 1 heterocycles. The molecule has 0 saturated carbocycles. The van der Waals surface area contributed by atoms with Crippen LogP contribution in [0.1, 0.15) is 19.4 Å². The summed E-state index contributed by atoms with van der Waals surface area (Å²) < 4.78 is 128. The molecule has 3 rings (SSSR count). The van der Waals surface area contributed by atoms with E-state index in [1.807, 2.05) is 31.2 Å². The molecule has 0 fully saturated rings. The van der Waals surface area contributed by atoms with E-state index >= 15 is 0 Å². The van der Waals surface area contributed by atoms with Crippen LogP contribution in [-0.2, 0) is 30.2 Å². The second-order valence-corrected chi connectivity index (χ2v) is 9.52. The Morgan fingerprint density at radius 1 is 0.902 bits per heavy atom. The van der Waals surface area contributed by atoms with Crippen molar-refractivity contribution in [2.45, 2.75) is 50.0 Å². The molecule has 0 amide bonds. The van der Waals surface area contributed by atoms with Crippen molar-refractivity contribution in [3.63, 3.8) is 0 Å². The number of furan rings is 1. The number of rotatable bonds is 14. The zero-order valence-corrected chi connectivity index (χ0v) is 22.1. The highest BCUT2D eigenvalue weighted by atomic mass is 32.2. The second kappa shape index (κ2) is 12.4. The number of carbonyl (C=O) groups is 1. The molecule has 0 spiro atoms. The van der Waals surface area contributed by atoms with Crippen LogP contribution in [0, 0.1) is 0 Å². The van der Waals surface area contributed by atoms with Crippen LogP contribution in [0.15, 0.2) is 70.0 Å². The van der Waals surface area contributed by atoms with Gasteiger partial charge in [0.25, 0.3) is 0 Å². The number of esters is 1. The number of alkyl halides is 8. The first-order valence-electron chi connectivity index (χ1n) is 11.6. The van der Waals surface area contributed by atoms with Gasteiger partial charge in [-0.3, -0.25) is 0 Å². The first-order valence-corrected chi connectivity index (χ1v) is 12.6. The van der Waals surface area contributed by atoms with Crippen LogP contribution in [-0.4, -0.2) is 43.1 Å². The van der Waals surface area contributed by atoms with Gasteiger partial charge in [0.15, 0.2) is 6.61 Å². The van der Waals surface area contributed by atoms with Gasteiger partial charge >= 0.3 is 30.8 Å². The van der Waals surface area contributed by atoms with Gasteiger partial charge in [0.05, 0.1) is 5.75 Å². The summed E-state index contributed by atoms with van der Waals surface area (Å²) in [6.07, 6.45) is -20.7. The fourth-order valence-corrected chi connectivity index (χ4v) is 4.08. The molecule has 0 radical (unpaired) electrons. The minimum atomic E-state index is -5.84. The lowest BCUT2D eigenvalue weighted by Gasteiger charge is -2.27. The van der Waals surface area contributed by atoms with E-state index in [1.54, 1.807) is 12.1 Å². The van der Waals surface area contributed by atoms with Crippen LogP contribution in [0.4, 0.5) is 35.1 Å². The van der Waals surface area contributed by atoms with Crippen molar-refractivity contribution in [1.82, 2.24) is 0 Å². The lowest BCUT2D eigenvalue weighted by atomic mass is 10.0. The molecule has 6 nitrogen and oxygen atoms in total. The Labute approximate surface area is 232 Å². The van der Waals surface area contributed by atoms with E-state index in [1.165, 1.54) is 12.1 Å². The second-order valence-electron chi connectivity index (χ2n) is 8.47. The van der Waals surface area contributed by atoms with E-state index in [0.29, 0.717) is 28.5 Å². The Morgan fingerprint density at radius 3 is 2.17 bits per heavy atom. The summed E-state index contributed by atoms with van der Waals surface area (Å²) in [5.74, 6) is -2.41. The first kappa shape index (κ1) is 32.4. The zero-order valence-electron chi connectivity index (χ0n) is 21.3. The lowest BCUT2D eigenvalue weighted by molar-refractivity contribution is -0.572. The highest BCUT2D eigenvalue weighted by molar-refractivity contribution is 7.99. The topological polar surface area (TPSA) is 67.1 Å². The number of ether oxygens (including phenoxy) is 4. The monoisotopic (exact) mass is 614 g/mol. The van der Waals surface area contributed by atoms with E-state index in [0.717, 1.165) is 24.5 Å². The maximum atomic E-state index is 14.1.